The highest BCUT2D eigenvalue weighted by Gasteiger charge is 2.18. The Balaban J connectivity index is 1.17. The Kier molecular flexibility index (Phi) is 6.68. The van der Waals surface area contributed by atoms with Crippen LogP contribution in [0.3, 0.4) is 0 Å². The van der Waals surface area contributed by atoms with Crippen LogP contribution in [-0.4, -0.2) is 15.5 Å². The van der Waals surface area contributed by atoms with Gasteiger partial charge in [-0.05, 0) is 93.0 Å². The molecule has 0 fully saturated rings. The standard InChI is InChI=1S/C45H27NO4/c47-43-36-7-4-8-37-42(36)46(40-23-21-34(25-38(40)43)31-13-9-28(10-14-31)27-5-2-1-3-6-27)41-24-22-35(26-39(41)44(37)48)32-15-11-29(12-16-32)30-17-19-33(20-18-30)45(49)50/h1-26H,(H,49,50). The van der Waals surface area contributed by atoms with Crippen LogP contribution in [0.5, 0.6) is 0 Å². The van der Waals surface area contributed by atoms with Gasteiger partial charge in [-0.3, -0.25) is 9.59 Å². The van der Waals surface area contributed by atoms with Crippen LogP contribution in [0.2, 0.25) is 0 Å². The van der Waals surface area contributed by atoms with Crippen LogP contribution in [0.25, 0.3) is 82.6 Å². The minimum atomic E-state index is -0.956. The van der Waals surface area contributed by atoms with Crippen molar-refractivity contribution in [2.45, 2.75) is 0 Å². The number of para-hydroxylation sites is 1. The van der Waals surface area contributed by atoms with Gasteiger partial charge in [0.2, 0.25) is 0 Å². The van der Waals surface area contributed by atoms with Crippen LogP contribution in [0.15, 0.2) is 167 Å². The fourth-order valence-electron chi connectivity index (χ4n) is 7.14. The maximum Gasteiger partial charge on any atom is 0.335 e. The molecule has 5 nitrogen and oxygen atoms in total. The molecule has 1 N–H and O–H groups in total. The average Bonchev–Trinajstić information content (AvgIpc) is 3.18. The Morgan fingerprint density at radius 2 is 0.780 bits per heavy atom. The fraction of sp³-hybridized carbons (Fsp3) is 0. The second-order valence-electron chi connectivity index (χ2n) is 12.6. The van der Waals surface area contributed by atoms with Crippen molar-refractivity contribution in [2.24, 2.45) is 0 Å². The summed E-state index contributed by atoms with van der Waals surface area (Å²) in [6.45, 7) is 0. The second kappa shape index (κ2) is 11.4. The van der Waals surface area contributed by atoms with Gasteiger partial charge in [0.15, 0.2) is 10.9 Å². The smallest absolute Gasteiger partial charge is 0.335 e. The van der Waals surface area contributed by atoms with Gasteiger partial charge in [-0.15, -0.1) is 0 Å². The number of aromatic nitrogens is 1. The highest BCUT2D eigenvalue weighted by Crippen LogP contribution is 2.33. The number of hydrogen-bond acceptors (Lipinski definition) is 3. The molecule has 7 aromatic carbocycles. The van der Waals surface area contributed by atoms with E-state index < -0.39 is 5.97 Å². The van der Waals surface area contributed by atoms with Gasteiger partial charge in [-0.2, -0.15) is 0 Å². The molecule has 50 heavy (non-hydrogen) atoms. The van der Waals surface area contributed by atoms with Crippen molar-refractivity contribution >= 4 is 44.1 Å². The molecule has 0 saturated carbocycles. The van der Waals surface area contributed by atoms with Gasteiger partial charge in [0.1, 0.15) is 0 Å². The molecular formula is C45H27NO4. The first-order valence-corrected chi connectivity index (χ1v) is 16.4. The fourth-order valence-corrected chi connectivity index (χ4v) is 7.14. The van der Waals surface area contributed by atoms with Crippen molar-refractivity contribution in [1.82, 2.24) is 4.40 Å². The number of carboxylic acids is 1. The molecule has 5 heteroatoms. The summed E-state index contributed by atoms with van der Waals surface area (Å²) in [6.07, 6.45) is 0. The molecule has 9 aromatic rings. The van der Waals surface area contributed by atoms with Crippen LogP contribution < -0.4 is 10.9 Å². The lowest BCUT2D eigenvalue weighted by Crippen LogP contribution is -2.14. The van der Waals surface area contributed by atoms with E-state index in [4.69, 9.17) is 0 Å². The summed E-state index contributed by atoms with van der Waals surface area (Å²) in [7, 11) is 0. The molecule has 0 unspecified atom stereocenters. The van der Waals surface area contributed by atoms with E-state index >= 15 is 0 Å². The summed E-state index contributed by atoms with van der Waals surface area (Å²) in [5.74, 6) is -0.956. The van der Waals surface area contributed by atoms with E-state index in [1.807, 2.05) is 84.9 Å². The Morgan fingerprint density at radius 3 is 1.22 bits per heavy atom. The molecule has 0 bridgehead atoms. The first-order chi connectivity index (χ1) is 24.4. The van der Waals surface area contributed by atoms with Gasteiger partial charge < -0.3 is 9.51 Å². The summed E-state index contributed by atoms with van der Waals surface area (Å²) in [5, 5.41) is 11.4. The Morgan fingerprint density at radius 1 is 0.400 bits per heavy atom. The van der Waals surface area contributed by atoms with Crippen molar-refractivity contribution in [3.63, 3.8) is 0 Å². The van der Waals surface area contributed by atoms with Crippen LogP contribution >= 0.6 is 0 Å². The molecule has 0 amide bonds. The lowest BCUT2D eigenvalue weighted by atomic mass is 9.96. The quantitative estimate of drug-likeness (QED) is 0.149. The highest BCUT2D eigenvalue weighted by molar-refractivity contribution is 6.08. The number of pyridine rings is 2. The molecular weight excluding hydrogens is 618 g/mol. The molecule has 0 aliphatic heterocycles. The minimum absolute atomic E-state index is 0.0959. The van der Waals surface area contributed by atoms with Crippen molar-refractivity contribution in [1.29, 1.82) is 0 Å². The predicted octanol–water partition coefficient (Wildman–Crippen LogP) is 9.92. The number of benzene rings is 7. The number of fused-ring (bicyclic) bond motifs is 4. The van der Waals surface area contributed by atoms with E-state index in [0.717, 1.165) is 55.5 Å². The van der Waals surface area contributed by atoms with E-state index in [0.29, 0.717) is 27.1 Å². The second-order valence-corrected chi connectivity index (χ2v) is 12.6. The van der Waals surface area contributed by atoms with Crippen molar-refractivity contribution in [2.75, 3.05) is 0 Å². The number of nitrogens with zero attached hydrogens (tertiary/aromatic N) is 1. The summed E-state index contributed by atoms with van der Waals surface area (Å²) in [5.41, 5.74) is 10.1. The largest absolute Gasteiger partial charge is 0.478 e. The average molecular weight is 646 g/mol. The van der Waals surface area contributed by atoms with Crippen LogP contribution in [-0.2, 0) is 0 Å². The van der Waals surface area contributed by atoms with Crippen LogP contribution in [0.4, 0.5) is 0 Å². The number of aromatic carboxylic acids is 1. The third-order valence-corrected chi connectivity index (χ3v) is 9.72. The number of rotatable bonds is 5. The molecule has 2 heterocycles. The van der Waals surface area contributed by atoms with E-state index in [9.17, 15) is 19.5 Å². The minimum Gasteiger partial charge on any atom is -0.478 e. The molecule has 236 valence electrons. The SMILES string of the molecule is O=C(O)c1ccc(-c2ccc(-c3ccc4c(c3)c(=O)c3cccc5c(=O)c6cc(-c7ccc(-c8ccccc8)cc7)ccc6n4c53)cc2)cc1. The molecule has 9 rings (SSSR count). The zero-order valence-corrected chi connectivity index (χ0v) is 26.6. The van der Waals surface area contributed by atoms with Gasteiger partial charge >= 0.3 is 5.97 Å². The molecule has 0 atom stereocenters. The monoisotopic (exact) mass is 645 g/mol. The lowest BCUT2D eigenvalue weighted by molar-refractivity contribution is 0.0697. The van der Waals surface area contributed by atoms with Gasteiger partial charge in [-0.1, -0.05) is 109 Å². The molecule has 0 spiro atoms. The third kappa shape index (κ3) is 4.67. The third-order valence-electron chi connectivity index (χ3n) is 9.72. The van der Waals surface area contributed by atoms with Gasteiger partial charge in [0, 0.05) is 21.5 Å². The maximum absolute atomic E-state index is 14.1. The number of carboxylic acid groups (broad SMARTS) is 1. The van der Waals surface area contributed by atoms with E-state index in [-0.39, 0.29) is 16.4 Å². The van der Waals surface area contributed by atoms with Gasteiger partial charge in [0.25, 0.3) is 0 Å². The number of hydrogen-bond donors (Lipinski definition) is 1. The van der Waals surface area contributed by atoms with E-state index in [2.05, 4.69) is 40.8 Å². The Labute approximate surface area is 285 Å². The summed E-state index contributed by atoms with van der Waals surface area (Å²) >= 11 is 0. The Bertz CT molecular complexity index is 2890. The lowest BCUT2D eigenvalue weighted by Gasteiger charge is -2.16. The Hall–Kier alpha value is -6.85. The molecule has 0 aliphatic rings. The zero-order chi connectivity index (χ0) is 33.9. The van der Waals surface area contributed by atoms with E-state index in [1.54, 1.807) is 36.4 Å². The highest BCUT2D eigenvalue weighted by atomic mass is 16.4. The van der Waals surface area contributed by atoms with Crippen molar-refractivity contribution in [3.05, 3.63) is 184 Å². The molecule has 0 aliphatic carbocycles. The number of carbonyl (C=O) groups is 1. The molecule has 0 radical (unpaired) electrons. The van der Waals surface area contributed by atoms with Gasteiger partial charge in [-0.25, -0.2) is 4.79 Å². The normalized spacial score (nSPS) is 11.5. The summed E-state index contributed by atoms with van der Waals surface area (Å²) in [6, 6.07) is 50.7. The van der Waals surface area contributed by atoms with Gasteiger partial charge in [0.05, 0.1) is 22.1 Å². The topological polar surface area (TPSA) is 75.8 Å². The van der Waals surface area contributed by atoms with Crippen molar-refractivity contribution < 1.29 is 9.90 Å². The summed E-state index contributed by atoms with van der Waals surface area (Å²) in [4.78, 5) is 39.3. The zero-order valence-electron chi connectivity index (χ0n) is 26.6. The maximum atomic E-state index is 14.1. The van der Waals surface area contributed by atoms with Crippen LogP contribution in [0.1, 0.15) is 10.4 Å². The predicted molar refractivity (Wildman–Crippen MR) is 202 cm³/mol. The van der Waals surface area contributed by atoms with E-state index in [1.165, 1.54) is 0 Å². The van der Waals surface area contributed by atoms with Crippen molar-refractivity contribution in [3.8, 4) is 44.5 Å². The van der Waals surface area contributed by atoms with Crippen LogP contribution in [0, 0.1) is 0 Å². The first-order valence-electron chi connectivity index (χ1n) is 16.4. The molecule has 2 aromatic heterocycles. The summed E-state index contributed by atoms with van der Waals surface area (Å²) < 4.78 is 2.06. The molecule has 0 saturated heterocycles. The first kappa shape index (κ1) is 29.3.